The first-order chi connectivity index (χ1) is 12.9. The third kappa shape index (κ3) is 3.66. The highest BCUT2D eigenvalue weighted by Crippen LogP contribution is 2.40. The largest absolute Gasteiger partial charge is 0.378 e. The Kier molecular flexibility index (Phi) is 4.59. The zero-order chi connectivity index (χ0) is 19.0. The fourth-order valence-corrected chi connectivity index (χ4v) is 3.91. The van der Waals surface area contributed by atoms with Crippen LogP contribution in [0.1, 0.15) is 48.1 Å². The molecule has 144 valence electrons. The Hall–Kier alpha value is -2.48. The van der Waals surface area contributed by atoms with Crippen LogP contribution in [-0.2, 0) is 18.2 Å². The Morgan fingerprint density at radius 2 is 2.11 bits per heavy atom. The summed E-state index contributed by atoms with van der Waals surface area (Å²) in [6, 6.07) is 1.62. The number of fused-ring (bicyclic) bond motifs is 1. The van der Waals surface area contributed by atoms with Crippen LogP contribution in [0.4, 0.5) is 5.95 Å². The molecule has 8 heteroatoms. The Morgan fingerprint density at radius 3 is 2.81 bits per heavy atom. The van der Waals surface area contributed by atoms with Crippen molar-refractivity contribution in [2.75, 3.05) is 31.2 Å². The molecular formula is C19H26N6O2. The van der Waals surface area contributed by atoms with Gasteiger partial charge in [0.1, 0.15) is 5.69 Å². The summed E-state index contributed by atoms with van der Waals surface area (Å²) >= 11 is 0. The van der Waals surface area contributed by atoms with Crippen molar-refractivity contribution in [3.05, 3.63) is 35.4 Å². The number of anilines is 1. The maximum atomic E-state index is 12.7. The lowest BCUT2D eigenvalue weighted by atomic mass is 9.74. The second-order valence-electron chi connectivity index (χ2n) is 8.08. The summed E-state index contributed by atoms with van der Waals surface area (Å²) in [5, 5.41) is 7.24. The van der Waals surface area contributed by atoms with Crippen molar-refractivity contribution in [2.24, 2.45) is 12.5 Å². The molecule has 0 radical (unpaired) electrons. The highest BCUT2D eigenvalue weighted by Gasteiger charge is 2.35. The van der Waals surface area contributed by atoms with E-state index in [1.807, 2.05) is 6.20 Å². The molecule has 1 aliphatic carbocycles. The van der Waals surface area contributed by atoms with Gasteiger partial charge in [-0.05, 0) is 24.3 Å². The summed E-state index contributed by atoms with van der Waals surface area (Å²) in [4.78, 5) is 24.3. The number of carbonyl (C=O) groups excluding carboxylic acids is 1. The molecule has 0 spiro atoms. The van der Waals surface area contributed by atoms with Crippen LogP contribution in [0.25, 0.3) is 0 Å². The first-order valence-electron chi connectivity index (χ1n) is 9.40. The van der Waals surface area contributed by atoms with E-state index < -0.39 is 0 Å². The number of ether oxygens (including phenoxy) is 1. The summed E-state index contributed by atoms with van der Waals surface area (Å²) in [6.07, 6.45) is 5.24. The van der Waals surface area contributed by atoms with Gasteiger partial charge in [0.25, 0.3) is 5.91 Å². The zero-order valence-corrected chi connectivity index (χ0v) is 16.1. The number of hydrogen-bond donors (Lipinski definition) is 1. The molecule has 0 saturated carbocycles. The van der Waals surface area contributed by atoms with Gasteiger partial charge in [-0.25, -0.2) is 9.97 Å². The van der Waals surface area contributed by atoms with Crippen molar-refractivity contribution in [1.82, 2.24) is 25.1 Å². The van der Waals surface area contributed by atoms with Crippen molar-refractivity contribution < 1.29 is 9.53 Å². The molecule has 4 rings (SSSR count). The number of nitrogens with zero attached hydrogens (tertiary/aromatic N) is 5. The molecule has 2 aromatic rings. The molecule has 0 aromatic carbocycles. The second-order valence-corrected chi connectivity index (χ2v) is 8.08. The molecule has 8 nitrogen and oxygen atoms in total. The van der Waals surface area contributed by atoms with Crippen LogP contribution in [0.5, 0.6) is 0 Å². The molecule has 1 saturated heterocycles. The summed E-state index contributed by atoms with van der Waals surface area (Å²) in [6.45, 7) is 7.46. The summed E-state index contributed by atoms with van der Waals surface area (Å²) in [7, 11) is 1.77. The van der Waals surface area contributed by atoms with E-state index in [0.717, 1.165) is 43.1 Å². The first-order valence-corrected chi connectivity index (χ1v) is 9.40. The zero-order valence-electron chi connectivity index (χ0n) is 16.1. The average molecular weight is 370 g/mol. The van der Waals surface area contributed by atoms with Gasteiger partial charge in [0, 0.05) is 38.1 Å². The van der Waals surface area contributed by atoms with E-state index >= 15 is 0 Å². The van der Waals surface area contributed by atoms with Crippen LogP contribution in [0.2, 0.25) is 0 Å². The Balaban J connectivity index is 1.61. The molecule has 1 atom stereocenters. The topological polar surface area (TPSA) is 85.2 Å². The SMILES string of the molecule is Cn1nccc1C(=O)NC1CC(C)(C)Cc2nc(N3CCOCC3)ncc21. The predicted molar refractivity (Wildman–Crippen MR) is 101 cm³/mol. The fraction of sp³-hybridized carbons (Fsp3) is 0.579. The Morgan fingerprint density at radius 1 is 1.33 bits per heavy atom. The van der Waals surface area contributed by atoms with Crippen molar-refractivity contribution in [3.8, 4) is 0 Å². The fourth-order valence-electron chi connectivity index (χ4n) is 3.91. The lowest BCUT2D eigenvalue weighted by molar-refractivity contribution is 0.0909. The van der Waals surface area contributed by atoms with Crippen LogP contribution in [0, 0.1) is 5.41 Å². The number of nitrogens with one attached hydrogen (secondary N) is 1. The number of aryl methyl sites for hydroxylation is 1. The van der Waals surface area contributed by atoms with Crippen LogP contribution in [0.3, 0.4) is 0 Å². The van der Waals surface area contributed by atoms with Crippen LogP contribution in [-0.4, -0.2) is 52.0 Å². The molecule has 1 amide bonds. The third-order valence-electron chi connectivity index (χ3n) is 5.32. The highest BCUT2D eigenvalue weighted by molar-refractivity contribution is 5.92. The van der Waals surface area contributed by atoms with Crippen molar-refractivity contribution >= 4 is 11.9 Å². The molecule has 0 bridgehead atoms. The maximum absolute atomic E-state index is 12.7. The van der Waals surface area contributed by atoms with Crippen LogP contribution < -0.4 is 10.2 Å². The van der Waals surface area contributed by atoms with Crippen LogP contribution >= 0.6 is 0 Å². The standard InChI is InChI=1S/C19H26N6O2/c1-19(2)10-14(22-17(26)16-4-5-21-24(16)3)13-12-20-18(23-15(13)11-19)25-6-8-27-9-7-25/h4-5,12,14H,6-11H2,1-3H3,(H,22,26). The van der Waals surface area contributed by atoms with E-state index in [4.69, 9.17) is 9.72 Å². The van der Waals surface area contributed by atoms with Gasteiger partial charge in [-0.3, -0.25) is 9.48 Å². The molecule has 1 unspecified atom stereocenters. The van der Waals surface area contributed by atoms with E-state index in [1.54, 1.807) is 24.0 Å². The molecular weight excluding hydrogens is 344 g/mol. The number of morpholine rings is 1. The Labute approximate surface area is 158 Å². The van der Waals surface area contributed by atoms with Crippen LogP contribution in [0.15, 0.2) is 18.5 Å². The second kappa shape index (κ2) is 6.92. The lowest BCUT2D eigenvalue weighted by Gasteiger charge is -2.37. The quantitative estimate of drug-likeness (QED) is 0.881. The third-order valence-corrected chi connectivity index (χ3v) is 5.32. The normalized spacial score (nSPS) is 21.6. The maximum Gasteiger partial charge on any atom is 0.270 e. The molecule has 3 heterocycles. The van der Waals surface area contributed by atoms with Crippen molar-refractivity contribution in [1.29, 1.82) is 0 Å². The van der Waals surface area contributed by atoms with E-state index in [9.17, 15) is 4.79 Å². The van der Waals surface area contributed by atoms with Gasteiger partial charge in [-0.1, -0.05) is 13.8 Å². The minimum Gasteiger partial charge on any atom is -0.378 e. The lowest BCUT2D eigenvalue weighted by Crippen LogP contribution is -2.40. The first kappa shape index (κ1) is 17.9. The summed E-state index contributed by atoms with van der Waals surface area (Å²) in [5.74, 6) is 0.632. The van der Waals surface area contributed by atoms with Gasteiger partial charge in [0.2, 0.25) is 5.95 Å². The van der Waals surface area contributed by atoms with Crippen molar-refractivity contribution in [3.63, 3.8) is 0 Å². The van der Waals surface area contributed by atoms with Gasteiger partial charge in [-0.2, -0.15) is 5.10 Å². The number of carbonyl (C=O) groups is 1. The smallest absolute Gasteiger partial charge is 0.270 e. The van der Waals surface area contributed by atoms with Gasteiger partial charge in [0.15, 0.2) is 0 Å². The Bertz CT molecular complexity index is 840. The van der Waals surface area contributed by atoms with Gasteiger partial charge in [0.05, 0.1) is 24.9 Å². The van der Waals surface area contributed by atoms with Gasteiger partial charge in [-0.15, -0.1) is 0 Å². The summed E-state index contributed by atoms with van der Waals surface area (Å²) < 4.78 is 7.01. The number of hydrogen-bond acceptors (Lipinski definition) is 6. The van der Waals surface area contributed by atoms with E-state index in [1.165, 1.54) is 0 Å². The van der Waals surface area contributed by atoms with E-state index in [2.05, 4.69) is 34.1 Å². The van der Waals surface area contributed by atoms with Crippen molar-refractivity contribution in [2.45, 2.75) is 32.7 Å². The molecule has 2 aliphatic rings. The number of aromatic nitrogens is 4. The highest BCUT2D eigenvalue weighted by atomic mass is 16.5. The average Bonchev–Trinajstić information content (AvgIpc) is 3.07. The molecule has 1 fully saturated rings. The summed E-state index contributed by atoms with van der Waals surface area (Å²) in [5.41, 5.74) is 2.64. The van der Waals surface area contributed by atoms with E-state index in [-0.39, 0.29) is 17.4 Å². The van der Waals surface area contributed by atoms with Gasteiger partial charge >= 0.3 is 0 Å². The minimum atomic E-state index is -0.124. The number of amides is 1. The molecule has 2 aromatic heterocycles. The van der Waals surface area contributed by atoms with Gasteiger partial charge < -0.3 is 15.0 Å². The monoisotopic (exact) mass is 370 g/mol. The van der Waals surface area contributed by atoms with E-state index in [0.29, 0.717) is 18.9 Å². The molecule has 1 N–H and O–H groups in total. The predicted octanol–water partition coefficient (Wildman–Crippen LogP) is 1.49. The molecule has 27 heavy (non-hydrogen) atoms. The number of rotatable bonds is 3. The molecule has 1 aliphatic heterocycles. The minimum absolute atomic E-state index is 0.0496.